The van der Waals surface area contributed by atoms with E-state index in [9.17, 15) is 16.8 Å². The summed E-state index contributed by atoms with van der Waals surface area (Å²) < 4.78 is 52.2. The summed E-state index contributed by atoms with van der Waals surface area (Å²) in [7, 11) is -5.86. The van der Waals surface area contributed by atoms with Gasteiger partial charge in [-0.15, -0.1) is 0 Å². The Labute approximate surface area is 131 Å². The average molecular weight is 347 g/mol. The zero-order valence-corrected chi connectivity index (χ0v) is 14.0. The van der Waals surface area contributed by atoms with E-state index in [-0.39, 0.29) is 9.79 Å². The minimum Gasteiger partial charge on any atom is -0.316 e. The summed E-state index contributed by atoms with van der Waals surface area (Å²) in [5.41, 5.74) is 0. The van der Waals surface area contributed by atoms with Gasteiger partial charge in [-0.1, -0.05) is 0 Å². The maximum atomic E-state index is 12.1. The van der Waals surface area contributed by atoms with Gasteiger partial charge < -0.3 is 5.32 Å². The fourth-order valence-electron chi connectivity index (χ4n) is 2.36. The molecule has 0 radical (unpaired) electrons. The van der Waals surface area contributed by atoms with E-state index in [0.29, 0.717) is 12.5 Å². The van der Waals surface area contributed by atoms with Crippen molar-refractivity contribution in [1.29, 1.82) is 0 Å². The first-order valence-corrected chi connectivity index (χ1v) is 10.1. The molecule has 0 saturated carbocycles. The van der Waals surface area contributed by atoms with Crippen LogP contribution < -0.4 is 14.8 Å². The summed E-state index contributed by atoms with van der Waals surface area (Å²) >= 11 is 0. The van der Waals surface area contributed by atoms with E-state index in [4.69, 9.17) is 0 Å². The third kappa shape index (κ3) is 4.26. The average Bonchev–Trinajstić information content (AvgIpc) is 3.00. The van der Waals surface area contributed by atoms with Gasteiger partial charge in [0.25, 0.3) is 0 Å². The largest absolute Gasteiger partial charge is 0.316 e. The molecule has 1 fully saturated rings. The number of hydrogen-bond acceptors (Lipinski definition) is 5. The van der Waals surface area contributed by atoms with E-state index < -0.39 is 20.0 Å². The molecule has 1 aromatic carbocycles. The van der Waals surface area contributed by atoms with Crippen LogP contribution in [0.4, 0.5) is 0 Å². The molecule has 9 heteroatoms. The highest BCUT2D eigenvalue weighted by Gasteiger charge is 2.18. The Morgan fingerprint density at radius 1 is 1.09 bits per heavy atom. The highest BCUT2D eigenvalue weighted by atomic mass is 32.2. The molecule has 2 rings (SSSR count). The van der Waals surface area contributed by atoms with E-state index in [1.807, 2.05) is 0 Å². The smallest absolute Gasteiger partial charge is 0.240 e. The standard InChI is InChI=1S/C13H21N3O4S2/c1-14-21(17,18)12-2-4-13(5-3-12)22(19,20)16-9-7-11-6-8-15-10-11/h2-5,11,14-16H,6-10H2,1H3. The number of benzene rings is 1. The van der Waals surface area contributed by atoms with Crippen LogP contribution in [0.1, 0.15) is 12.8 Å². The van der Waals surface area contributed by atoms with Gasteiger partial charge in [0.2, 0.25) is 20.0 Å². The quantitative estimate of drug-likeness (QED) is 0.637. The van der Waals surface area contributed by atoms with Crippen molar-refractivity contribution in [3.63, 3.8) is 0 Å². The van der Waals surface area contributed by atoms with Crippen LogP contribution in [-0.2, 0) is 20.0 Å². The fraction of sp³-hybridized carbons (Fsp3) is 0.538. The summed E-state index contributed by atoms with van der Waals surface area (Å²) in [4.78, 5) is 0.0954. The zero-order chi connectivity index (χ0) is 16.2. The van der Waals surface area contributed by atoms with Crippen molar-refractivity contribution in [2.45, 2.75) is 22.6 Å². The molecule has 0 aromatic heterocycles. The van der Waals surface area contributed by atoms with Gasteiger partial charge in [-0.05, 0) is 63.2 Å². The minimum atomic E-state index is -3.61. The zero-order valence-electron chi connectivity index (χ0n) is 12.4. The van der Waals surface area contributed by atoms with E-state index >= 15 is 0 Å². The molecule has 0 spiro atoms. The molecule has 1 saturated heterocycles. The highest BCUT2D eigenvalue weighted by molar-refractivity contribution is 7.90. The number of hydrogen-bond donors (Lipinski definition) is 3. The lowest BCUT2D eigenvalue weighted by Crippen LogP contribution is -2.26. The first kappa shape index (κ1) is 17.4. The number of sulfonamides is 2. The fourth-order valence-corrected chi connectivity index (χ4v) is 4.14. The molecule has 1 aromatic rings. The van der Waals surface area contributed by atoms with Crippen molar-refractivity contribution in [3.05, 3.63) is 24.3 Å². The van der Waals surface area contributed by atoms with Crippen LogP contribution in [0.25, 0.3) is 0 Å². The molecule has 1 atom stereocenters. The van der Waals surface area contributed by atoms with Crippen molar-refractivity contribution in [3.8, 4) is 0 Å². The molecule has 124 valence electrons. The Kier molecular flexibility index (Phi) is 5.56. The van der Waals surface area contributed by atoms with Gasteiger partial charge >= 0.3 is 0 Å². The lowest BCUT2D eigenvalue weighted by Gasteiger charge is -2.10. The predicted molar refractivity (Wildman–Crippen MR) is 83.5 cm³/mol. The maximum absolute atomic E-state index is 12.1. The first-order valence-electron chi connectivity index (χ1n) is 7.09. The summed E-state index contributed by atoms with van der Waals surface area (Å²) in [6.45, 7) is 2.29. The van der Waals surface area contributed by atoms with Gasteiger partial charge in [-0.2, -0.15) is 0 Å². The lowest BCUT2D eigenvalue weighted by molar-refractivity contribution is 0.519. The third-order valence-corrected chi connectivity index (χ3v) is 6.63. The SMILES string of the molecule is CNS(=O)(=O)c1ccc(S(=O)(=O)NCCC2CCNC2)cc1. The van der Waals surface area contributed by atoms with E-state index in [1.54, 1.807) is 0 Å². The van der Waals surface area contributed by atoms with Crippen molar-refractivity contribution in [2.24, 2.45) is 5.92 Å². The summed E-state index contributed by atoms with van der Waals surface area (Å²) in [6.07, 6.45) is 1.86. The minimum absolute atomic E-state index is 0.0333. The molecule has 0 aliphatic carbocycles. The Bertz CT molecular complexity index is 693. The van der Waals surface area contributed by atoms with Crippen LogP contribution in [0.2, 0.25) is 0 Å². The van der Waals surface area contributed by atoms with Crippen LogP contribution in [0.15, 0.2) is 34.1 Å². The van der Waals surface area contributed by atoms with Crippen molar-refractivity contribution >= 4 is 20.0 Å². The van der Waals surface area contributed by atoms with Crippen LogP contribution in [0.3, 0.4) is 0 Å². The summed E-state index contributed by atoms with van der Waals surface area (Å²) in [6, 6.07) is 5.15. The molecular formula is C13H21N3O4S2. The molecular weight excluding hydrogens is 326 g/mol. The molecule has 1 unspecified atom stereocenters. The van der Waals surface area contributed by atoms with Crippen molar-refractivity contribution in [1.82, 2.24) is 14.8 Å². The van der Waals surface area contributed by atoms with Gasteiger partial charge in [0, 0.05) is 6.54 Å². The second kappa shape index (κ2) is 7.05. The molecule has 7 nitrogen and oxygen atoms in total. The van der Waals surface area contributed by atoms with Crippen LogP contribution in [-0.4, -0.2) is 43.5 Å². The Balaban J connectivity index is 1.99. The number of nitrogens with one attached hydrogen (secondary N) is 3. The van der Waals surface area contributed by atoms with Crippen LogP contribution >= 0.6 is 0 Å². The molecule has 22 heavy (non-hydrogen) atoms. The van der Waals surface area contributed by atoms with E-state index in [1.165, 1.54) is 31.3 Å². The molecule has 3 N–H and O–H groups in total. The molecule has 0 bridgehead atoms. The number of rotatable bonds is 7. The summed E-state index contributed by atoms with van der Waals surface area (Å²) in [5, 5.41) is 3.24. The normalized spacial score (nSPS) is 19.4. The van der Waals surface area contributed by atoms with Crippen molar-refractivity contribution < 1.29 is 16.8 Å². The van der Waals surface area contributed by atoms with E-state index in [2.05, 4.69) is 14.8 Å². The second-order valence-electron chi connectivity index (χ2n) is 5.22. The molecule has 0 amide bonds. The Morgan fingerprint density at radius 3 is 2.18 bits per heavy atom. The first-order chi connectivity index (χ1) is 10.3. The van der Waals surface area contributed by atoms with E-state index in [0.717, 1.165) is 25.9 Å². The summed E-state index contributed by atoms with van der Waals surface area (Å²) in [5.74, 6) is 0.505. The Morgan fingerprint density at radius 2 is 1.68 bits per heavy atom. The van der Waals surface area contributed by atoms with Crippen LogP contribution in [0, 0.1) is 5.92 Å². The third-order valence-electron chi connectivity index (χ3n) is 3.72. The van der Waals surface area contributed by atoms with Crippen molar-refractivity contribution in [2.75, 3.05) is 26.7 Å². The van der Waals surface area contributed by atoms with Crippen LogP contribution in [0.5, 0.6) is 0 Å². The monoisotopic (exact) mass is 347 g/mol. The topological polar surface area (TPSA) is 104 Å². The predicted octanol–water partition coefficient (Wildman–Crippen LogP) is -0.127. The lowest BCUT2D eigenvalue weighted by atomic mass is 10.1. The molecule has 1 aliphatic heterocycles. The maximum Gasteiger partial charge on any atom is 0.240 e. The van der Waals surface area contributed by atoms with Gasteiger partial charge in [0.1, 0.15) is 0 Å². The Hall–Kier alpha value is -1.00. The van der Waals surface area contributed by atoms with Gasteiger partial charge in [0.15, 0.2) is 0 Å². The van der Waals surface area contributed by atoms with Gasteiger partial charge in [-0.25, -0.2) is 26.3 Å². The molecule has 1 aliphatic rings. The second-order valence-corrected chi connectivity index (χ2v) is 8.88. The molecule has 1 heterocycles. The van der Waals surface area contributed by atoms with Gasteiger partial charge in [0.05, 0.1) is 9.79 Å². The highest BCUT2D eigenvalue weighted by Crippen LogP contribution is 2.15. The van der Waals surface area contributed by atoms with Gasteiger partial charge in [-0.3, -0.25) is 0 Å².